The molecule has 0 radical (unpaired) electrons. The lowest BCUT2D eigenvalue weighted by Crippen LogP contribution is -2.26. The molecule has 1 aromatic heterocycles. The van der Waals surface area contributed by atoms with E-state index in [1.807, 2.05) is 6.20 Å². The van der Waals surface area contributed by atoms with Gasteiger partial charge in [0.1, 0.15) is 5.82 Å². The van der Waals surface area contributed by atoms with Crippen LogP contribution in [0.25, 0.3) is 0 Å². The van der Waals surface area contributed by atoms with Gasteiger partial charge in [-0.15, -0.1) is 0 Å². The van der Waals surface area contributed by atoms with Crippen molar-refractivity contribution in [3.63, 3.8) is 0 Å². The van der Waals surface area contributed by atoms with E-state index in [1.54, 1.807) is 0 Å². The standard InChI is InChI=1S/C14H27N3/c1-4-7-14-16-10-12-17(14)11-6-8-13(3)15-9-5-2/h10,12-13,15H,4-9,11H2,1-3H3. The first-order valence-corrected chi connectivity index (χ1v) is 7.01. The minimum Gasteiger partial charge on any atom is -0.335 e. The molecule has 0 aliphatic heterocycles. The second kappa shape index (κ2) is 8.29. The van der Waals surface area contributed by atoms with E-state index in [0.29, 0.717) is 6.04 Å². The molecule has 0 bridgehead atoms. The molecule has 0 spiro atoms. The molecule has 1 unspecified atom stereocenters. The molecule has 1 heterocycles. The van der Waals surface area contributed by atoms with Gasteiger partial charge in [0.15, 0.2) is 0 Å². The number of nitrogens with one attached hydrogen (secondary N) is 1. The summed E-state index contributed by atoms with van der Waals surface area (Å²) in [6, 6.07) is 0.632. The van der Waals surface area contributed by atoms with Crippen molar-refractivity contribution in [3.05, 3.63) is 18.2 Å². The summed E-state index contributed by atoms with van der Waals surface area (Å²) in [7, 11) is 0. The summed E-state index contributed by atoms with van der Waals surface area (Å²) >= 11 is 0. The zero-order chi connectivity index (χ0) is 12.5. The largest absolute Gasteiger partial charge is 0.335 e. The monoisotopic (exact) mass is 237 g/mol. The van der Waals surface area contributed by atoms with E-state index in [9.17, 15) is 0 Å². The molecule has 1 N–H and O–H groups in total. The van der Waals surface area contributed by atoms with Crippen LogP contribution in [0.15, 0.2) is 12.4 Å². The summed E-state index contributed by atoms with van der Waals surface area (Å²) in [6.45, 7) is 8.93. The fourth-order valence-corrected chi connectivity index (χ4v) is 2.06. The summed E-state index contributed by atoms with van der Waals surface area (Å²) in [5, 5.41) is 3.53. The zero-order valence-corrected chi connectivity index (χ0v) is 11.6. The fourth-order valence-electron chi connectivity index (χ4n) is 2.06. The van der Waals surface area contributed by atoms with Crippen LogP contribution in [0, 0.1) is 0 Å². The number of rotatable bonds is 9. The molecular weight excluding hydrogens is 210 g/mol. The van der Waals surface area contributed by atoms with Gasteiger partial charge in [-0.05, 0) is 39.2 Å². The Hall–Kier alpha value is -0.830. The van der Waals surface area contributed by atoms with E-state index in [1.165, 1.54) is 31.5 Å². The molecule has 0 saturated heterocycles. The smallest absolute Gasteiger partial charge is 0.108 e. The molecule has 0 aliphatic rings. The second-order valence-corrected chi connectivity index (χ2v) is 4.78. The Balaban J connectivity index is 2.23. The average Bonchev–Trinajstić information content (AvgIpc) is 2.75. The number of imidazole rings is 1. The van der Waals surface area contributed by atoms with Crippen LogP contribution in [0.5, 0.6) is 0 Å². The van der Waals surface area contributed by atoms with E-state index in [4.69, 9.17) is 0 Å². The third-order valence-electron chi connectivity index (χ3n) is 3.05. The van der Waals surface area contributed by atoms with Crippen LogP contribution >= 0.6 is 0 Å². The van der Waals surface area contributed by atoms with Crippen LogP contribution in [0.1, 0.15) is 52.3 Å². The maximum atomic E-state index is 4.40. The highest BCUT2D eigenvalue weighted by Crippen LogP contribution is 2.05. The molecule has 1 rings (SSSR count). The molecule has 0 saturated carbocycles. The van der Waals surface area contributed by atoms with E-state index < -0.39 is 0 Å². The number of nitrogens with zero attached hydrogens (tertiary/aromatic N) is 2. The Morgan fingerprint density at radius 2 is 2.18 bits per heavy atom. The summed E-state index contributed by atoms with van der Waals surface area (Å²) < 4.78 is 2.30. The first-order valence-electron chi connectivity index (χ1n) is 7.01. The molecule has 0 aliphatic carbocycles. The van der Waals surface area contributed by atoms with Crippen LogP contribution in [-0.2, 0) is 13.0 Å². The van der Waals surface area contributed by atoms with Gasteiger partial charge in [-0.1, -0.05) is 13.8 Å². The van der Waals surface area contributed by atoms with Gasteiger partial charge < -0.3 is 9.88 Å². The first-order chi connectivity index (χ1) is 8.27. The number of hydrogen-bond donors (Lipinski definition) is 1. The van der Waals surface area contributed by atoms with Crippen molar-refractivity contribution in [2.45, 2.75) is 65.5 Å². The molecule has 0 fully saturated rings. The van der Waals surface area contributed by atoms with E-state index in [-0.39, 0.29) is 0 Å². The Kier molecular flexibility index (Phi) is 6.94. The zero-order valence-electron chi connectivity index (χ0n) is 11.6. The fraction of sp³-hybridized carbons (Fsp3) is 0.786. The molecule has 98 valence electrons. The van der Waals surface area contributed by atoms with Crippen molar-refractivity contribution in [3.8, 4) is 0 Å². The van der Waals surface area contributed by atoms with E-state index in [0.717, 1.165) is 19.5 Å². The molecule has 3 nitrogen and oxygen atoms in total. The minimum atomic E-state index is 0.632. The summed E-state index contributed by atoms with van der Waals surface area (Å²) in [4.78, 5) is 4.40. The highest BCUT2D eigenvalue weighted by Gasteiger charge is 2.03. The van der Waals surface area contributed by atoms with Crippen LogP contribution in [0.3, 0.4) is 0 Å². The van der Waals surface area contributed by atoms with Gasteiger partial charge in [-0.2, -0.15) is 0 Å². The predicted molar refractivity (Wildman–Crippen MR) is 73.2 cm³/mol. The van der Waals surface area contributed by atoms with Crippen LogP contribution < -0.4 is 5.32 Å². The van der Waals surface area contributed by atoms with Gasteiger partial charge in [0.2, 0.25) is 0 Å². The first kappa shape index (κ1) is 14.2. The van der Waals surface area contributed by atoms with Crippen molar-refractivity contribution in [2.24, 2.45) is 0 Å². The number of aryl methyl sites for hydroxylation is 2. The Morgan fingerprint density at radius 1 is 1.35 bits per heavy atom. The SMILES string of the molecule is CCCNC(C)CCCn1ccnc1CCC. The summed E-state index contributed by atoms with van der Waals surface area (Å²) in [5.41, 5.74) is 0. The maximum Gasteiger partial charge on any atom is 0.108 e. The average molecular weight is 237 g/mol. The topological polar surface area (TPSA) is 29.9 Å². The van der Waals surface area contributed by atoms with Crippen molar-refractivity contribution < 1.29 is 0 Å². The summed E-state index contributed by atoms with van der Waals surface area (Å²) in [6.07, 6.45) is 9.97. The van der Waals surface area contributed by atoms with Crippen molar-refractivity contribution in [2.75, 3.05) is 6.54 Å². The van der Waals surface area contributed by atoms with Crippen molar-refractivity contribution >= 4 is 0 Å². The second-order valence-electron chi connectivity index (χ2n) is 4.78. The lowest BCUT2D eigenvalue weighted by atomic mass is 10.2. The molecular formula is C14H27N3. The van der Waals surface area contributed by atoms with Crippen LogP contribution in [0.4, 0.5) is 0 Å². The predicted octanol–water partition coefficient (Wildman–Crippen LogP) is 3.00. The lowest BCUT2D eigenvalue weighted by Gasteiger charge is -2.13. The molecule has 17 heavy (non-hydrogen) atoms. The summed E-state index contributed by atoms with van der Waals surface area (Å²) in [5.74, 6) is 1.24. The van der Waals surface area contributed by atoms with Gasteiger partial charge in [-0.25, -0.2) is 4.98 Å². The highest BCUT2D eigenvalue weighted by molar-refractivity contribution is 4.92. The van der Waals surface area contributed by atoms with Crippen LogP contribution in [0.2, 0.25) is 0 Å². The third kappa shape index (κ3) is 5.35. The Labute approximate surface area is 106 Å². The van der Waals surface area contributed by atoms with Crippen molar-refractivity contribution in [1.82, 2.24) is 14.9 Å². The highest BCUT2D eigenvalue weighted by atomic mass is 15.1. The van der Waals surface area contributed by atoms with Gasteiger partial charge in [0.25, 0.3) is 0 Å². The molecule has 0 amide bonds. The Bertz CT molecular complexity index is 293. The van der Waals surface area contributed by atoms with Gasteiger partial charge in [0.05, 0.1) is 0 Å². The number of hydrogen-bond acceptors (Lipinski definition) is 2. The Morgan fingerprint density at radius 3 is 2.88 bits per heavy atom. The van der Waals surface area contributed by atoms with E-state index >= 15 is 0 Å². The maximum absolute atomic E-state index is 4.40. The quantitative estimate of drug-likeness (QED) is 0.715. The lowest BCUT2D eigenvalue weighted by molar-refractivity contribution is 0.471. The van der Waals surface area contributed by atoms with E-state index in [2.05, 4.69) is 41.8 Å². The van der Waals surface area contributed by atoms with Gasteiger partial charge in [-0.3, -0.25) is 0 Å². The molecule has 1 aromatic rings. The normalized spacial score (nSPS) is 12.9. The molecule has 3 heteroatoms. The van der Waals surface area contributed by atoms with Crippen molar-refractivity contribution in [1.29, 1.82) is 0 Å². The van der Waals surface area contributed by atoms with Gasteiger partial charge in [0, 0.05) is 31.4 Å². The molecule has 1 atom stereocenters. The minimum absolute atomic E-state index is 0.632. The third-order valence-corrected chi connectivity index (χ3v) is 3.05. The number of aromatic nitrogens is 2. The van der Waals surface area contributed by atoms with Gasteiger partial charge >= 0.3 is 0 Å². The molecule has 0 aromatic carbocycles. The van der Waals surface area contributed by atoms with Crippen LogP contribution in [-0.4, -0.2) is 22.1 Å².